The van der Waals surface area contributed by atoms with Crippen molar-refractivity contribution in [2.75, 3.05) is 4.90 Å². The zero-order valence-corrected chi connectivity index (χ0v) is 23.1. The number of rotatable bonds is 7. The van der Waals surface area contributed by atoms with Gasteiger partial charge in [0.05, 0.1) is 5.69 Å². The average Bonchev–Trinajstić information content (AvgIpc) is 3.29. The molecular weight excluding hydrogens is 504 g/mol. The SMILES string of the molecule is CCC1(CC)c2cc(C=C(C#N)C(=O)O)ccc2-c2ccc(N(c3ccccc3)c3cccc4ccccc34)cc21. The van der Waals surface area contributed by atoms with E-state index < -0.39 is 5.97 Å². The lowest BCUT2D eigenvalue weighted by Crippen LogP contribution is -2.23. The molecule has 0 unspecified atom stereocenters. The number of para-hydroxylation sites is 1. The highest BCUT2D eigenvalue weighted by atomic mass is 16.4. The van der Waals surface area contributed by atoms with Crippen molar-refractivity contribution in [3.8, 4) is 17.2 Å². The molecule has 200 valence electrons. The fourth-order valence-electron chi connectivity index (χ4n) is 6.46. The predicted molar refractivity (Wildman–Crippen MR) is 167 cm³/mol. The molecule has 1 aliphatic carbocycles. The van der Waals surface area contributed by atoms with E-state index in [1.54, 1.807) is 6.07 Å². The van der Waals surface area contributed by atoms with Gasteiger partial charge in [0.25, 0.3) is 0 Å². The maximum atomic E-state index is 11.5. The molecule has 0 fully saturated rings. The van der Waals surface area contributed by atoms with Crippen molar-refractivity contribution < 1.29 is 9.90 Å². The molecule has 0 saturated heterocycles. The Kier molecular flexibility index (Phi) is 6.65. The van der Waals surface area contributed by atoms with Crippen LogP contribution in [0.5, 0.6) is 0 Å². The average molecular weight is 535 g/mol. The topological polar surface area (TPSA) is 64.3 Å². The van der Waals surface area contributed by atoms with Gasteiger partial charge in [0.1, 0.15) is 11.6 Å². The van der Waals surface area contributed by atoms with E-state index in [9.17, 15) is 15.2 Å². The molecule has 0 atom stereocenters. The number of hydrogen-bond acceptors (Lipinski definition) is 3. The fourth-order valence-corrected chi connectivity index (χ4v) is 6.46. The molecule has 5 aromatic carbocycles. The summed E-state index contributed by atoms with van der Waals surface area (Å²) in [6, 6.07) is 40.0. The van der Waals surface area contributed by atoms with Crippen LogP contribution >= 0.6 is 0 Å². The van der Waals surface area contributed by atoms with Gasteiger partial charge in [0.15, 0.2) is 0 Å². The Morgan fingerprint density at radius 2 is 1.46 bits per heavy atom. The summed E-state index contributed by atoms with van der Waals surface area (Å²) in [6.07, 6.45) is 3.25. The lowest BCUT2D eigenvalue weighted by atomic mass is 9.73. The molecule has 0 aromatic heterocycles. The monoisotopic (exact) mass is 534 g/mol. The molecule has 0 saturated carbocycles. The molecule has 0 bridgehead atoms. The molecule has 6 rings (SSSR count). The van der Waals surface area contributed by atoms with Crippen molar-refractivity contribution in [3.05, 3.63) is 131 Å². The summed E-state index contributed by atoms with van der Waals surface area (Å²) in [5, 5.41) is 21.1. The van der Waals surface area contributed by atoms with Crippen LogP contribution in [0, 0.1) is 11.3 Å². The van der Waals surface area contributed by atoms with Gasteiger partial charge in [0, 0.05) is 22.2 Å². The number of fused-ring (bicyclic) bond motifs is 4. The summed E-state index contributed by atoms with van der Waals surface area (Å²) in [5.41, 5.74) is 8.34. The second kappa shape index (κ2) is 10.4. The zero-order valence-electron chi connectivity index (χ0n) is 23.1. The molecule has 4 nitrogen and oxygen atoms in total. The highest BCUT2D eigenvalue weighted by Gasteiger charge is 2.41. The van der Waals surface area contributed by atoms with Gasteiger partial charge in [-0.1, -0.05) is 92.7 Å². The molecule has 0 aliphatic heterocycles. The molecule has 41 heavy (non-hydrogen) atoms. The third-order valence-electron chi connectivity index (χ3n) is 8.52. The molecule has 4 heteroatoms. The molecule has 0 heterocycles. The zero-order chi connectivity index (χ0) is 28.6. The van der Waals surface area contributed by atoms with Gasteiger partial charge in [-0.15, -0.1) is 0 Å². The van der Waals surface area contributed by atoms with Crippen molar-refractivity contribution in [2.45, 2.75) is 32.1 Å². The first-order valence-corrected chi connectivity index (χ1v) is 14.0. The van der Waals surface area contributed by atoms with Crippen LogP contribution in [0.3, 0.4) is 0 Å². The summed E-state index contributed by atoms with van der Waals surface area (Å²) in [5.74, 6) is -1.22. The Hall–Kier alpha value is -5.14. The van der Waals surface area contributed by atoms with Crippen LogP contribution < -0.4 is 4.90 Å². The van der Waals surface area contributed by atoms with E-state index in [2.05, 4.69) is 116 Å². The van der Waals surface area contributed by atoms with Crippen molar-refractivity contribution in [1.29, 1.82) is 5.26 Å². The third kappa shape index (κ3) is 4.27. The lowest BCUT2D eigenvalue weighted by molar-refractivity contribution is -0.132. The van der Waals surface area contributed by atoms with Gasteiger partial charge in [-0.25, -0.2) is 4.79 Å². The predicted octanol–water partition coefficient (Wildman–Crippen LogP) is 9.39. The van der Waals surface area contributed by atoms with Crippen molar-refractivity contribution >= 4 is 39.9 Å². The van der Waals surface area contributed by atoms with Crippen LogP contribution in [0.25, 0.3) is 28.0 Å². The van der Waals surface area contributed by atoms with Gasteiger partial charge >= 0.3 is 5.97 Å². The number of nitrogens with zero attached hydrogens (tertiary/aromatic N) is 2. The van der Waals surface area contributed by atoms with Crippen molar-refractivity contribution in [1.82, 2.24) is 0 Å². The number of carboxylic acids is 1. The van der Waals surface area contributed by atoms with Crippen LogP contribution in [-0.2, 0) is 10.2 Å². The highest BCUT2D eigenvalue weighted by Crippen LogP contribution is 2.54. The molecule has 0 radical (unpaired) electrons. The van der Waals surface area contributed by atoms with E-state index in [4.69, 9.17) is 0 Å². The first-order chi connectivity index (χ1) is 20.0. The Labute approximate surface area is 240 Å². The Morgan fingerprint density at radius 3 is 2.17 bits per heavy atom. The molecule has 0 spiro atoms. The molecular formula is C37H30N2O2. The largest absolute Gasteiger partial charge is 0.477 e. The smallest absolute Gasteiger partial charge is 0.346 e. The molecule has 5 aromatic rings. The fraction of sp³-hybridized carbons (Fsp3) is 0.135. The number of carboxylic acid groups (broad SMARTS) is 1. The minimum atomic E-state index is -1.22. The third-order valence-corrected chi connectivity index (χ3v) is 8.52. The number of aliphatic carboxylic acids is 1. The van der Waals surface area contributed by atoms with E-state index in [0.717, 1.165) is 41.0 Å². The quantitative estimate of drug-likeness (QED) is 0.167. The Morgan fingerprint density at radius 1 is 0.805 bits per heavy atom. The van der Waals surface area contributed by atoms with E-state index in [1.807, 2.05) is 12.1 Å². The van der Waals surface area contributed by atoms with Crippen molar-refractivity contribution in [2.24, 2.45) is 0 Å². The summed E-state index contributed by atoms with van der Waals surface area (Å²) in [6.45, 7) is 4.43. The first-order valence-electron chi connectivity index (χ1n) is 14.0. The molecule has 1 aliphatic rings. The number of carbonyl (C=O) groups is 1. The van der Waals surface area contributed by atoms with E-state index in [1.165, 1.54) is 33.5 Å². The normalized spacial score (nSPS) is 13.3. The van der Waals surface area contributed by atoms with Gasteiger partial charge < -0.3 is 10.0 Å². The minimum Gasteiger partial charge on any atom is -0.477 e. The maximum Gasteiger partial charge on any atom is 0.346 e. The van der Waals surface area contributed by atoms with Gasteiger partial charge in [0.2, 0.25) is 0 Å². The van der Waals surface area contributed by atoms with Crippen LogP contribution in [0.4, 0.5) is 17.1 Å². The Bertz CT molecular complexity index is 1850. The summed E-state index contributed by atoms with van der Waals surface area (Å²) in [7, 11) is 0. The standard InChI is InChI=1S/C37H30N2O2/c1-3-37(4-2)33-22-25(21-27(24-38)36(40)41)17-19-31(33)32-20-18-29(23-34(32)37)39(28-13-6-5-7-14-28)35-16-10-12-26-11-8-9-15-30(26)35/h5-23H,3-4H2,1-2H3,(H,40,41). The molecule has 1 N–H and O–H groups in total. The van der Waals surface area contributed by atoms with Crippen molar-refractivity contribution in [3.63, 3.8) is 0 Å². The second-order valence-corrected chi connectivity index (χ2v) is 10.5. The van der Waals surface area contributed by atoms with Gasteiger partial charge in [-0.3, -0.25) is 0 Å². The maximum absolute atomic E-state index is 11.5. The van der Waals surface area contributed by atoms with E-state index in [0.29, 0.717) is 0 Å². The Balaban J connectivity index is 1.55. The lowest BCUT2D eigenvalue weighted by Gasteiger charge is -2.32. The highest BCUT2D eigenvalue weighted by molar-refractivity contribution is 5.99. The van der Waals surface area contributed by atoms with E-state index in [-0.39, 0.29) is 11.0 Å². The summed E-state index contributed by atoms with van der Waals surface area (Å²) >= 11 is 0. The summed E-state index contributed by atoms with van der Waals surface area (Å²) < 4.78 is 0. The van der Waals surface area contributed by atoms with Crippen LogP contribution in [-0.4, -0.2) is 11.1 Å². The number of nitriles is 1. The molecule has 0 amide bonds. The number of hydrogen-bond donors (Lipinski definition) is 1. The number of anilines is 3. The van der Waals surface area contributed by atoms with Crippen LogP contribution in [0.1, 0.15) is 43.4 Å². The first kappa shape index (κ1) is 26.1. The minimum absolute atomic E-state index is 0.234. The van der Waals surface area contributed by atoms with Crippen LogP contribution in [0.15, 0.2) is 115 Å². The van der Waals surface area contributed by atoms with Gasteiger partial charge in [-0.2, -0.15) is 5.26 Å². The second-order valence-electron chi connectivity index (χ2n) is 10.5. The van der Waals surface area contributed by atoms with Crippen LogP contribution in [0.2, 0.25) is 0 Å². The summed E-state index contributed by atoms with van der Waals surface area (Å²) in [4.78, 5) is 13.8. The van der Waals surface area contributed by atoms with Gasteiger partial charge in [-0.05, 0) is 82.5 Å². The van der Waals surface area contributed by atoms with E-state index >= 15 is 0 Å². The number of benzene rings is 5.